The molecule has 0 aromatic carbocycles. The molecular weight excluding hydrogens is 325 g/mol. The number of hydrogen-bond donors (Lipinski definition) is 1. The minimum atomic E-state index is 0.210. The van der Waals surface area contributed by atoms with Crippen molar-refractivity contribution >= 4 is 70.1 Å². The Kier molecular flexibility index (Phi) is 5.95. The quantitative estimate of drug-likeness (QED) is 0.357. The summed E-state index contributed by atoms with van der Waals surface area (Å²) in [5, 5.41) is 10.9. The zero-order valence-corrected chi connectivity index (χ0v) is 22.8. The summed E-state index contributed by atoms with van der Waals surface area (Å²) in [6.07, 6.45) is 5.91. The second-order valence-corrected chi connectivity index (χ2v) is 68.6. The van der Waals surface area contributed by atoms with Crippen molar-refractivity contribution < 1.29 is 5.11 Å². The van der Waals surface area contributed by atoms with Gasteiger partial charge in [0.2, 0.25) is 0 Å². The van der Waals surface area contributed by atoms with Gasteiger partial charge in [0.1, 0.15) is 0 Å². The van der Waals surface area contributed by atoms with Gasteiger partial charge in [-0.15, -0.1) is 0 Å². The third-order valence-electron chi connectivity index (χ3n) is 5.04. The van der Waals surface area contributed by atoms with Gasteiger partial charge in [-0.05, 0) is 91.3 Å². The Labute approximate surface area is 117 Å². The summed E-state index contributed by atoms with van der Waals surface area (Å²) >= 11 is 0. The molecule has 0 saturated heterocycles. The van der Waals surface area contributed by atoms with Gasteiger partial charge < -0.3 is 5.11 Å². The fraction of sp³-hybridized carbons (Fsp3) is 1.00. The van der Waals surface area contributed by atoms with Crippen molar-refractivity contribution in [1.82, 2.24) is 0 Å². The maximum absolute atomic E-state index is 10.2. The first-order valence-electron chi connectivity index (χ1n) is 7.45. The molecule has 0 spiro atoms. The molecule has 2 rings (SSSR count). The molecule has 3 atom stereocenters. The minimum Gasteiger partial charge on any atom is -0.393 e. The summed E-state index contributed by atoms with van der Waals surface area (Å²) in [5.41, 5.74) is 0. The third kappa shape index (κ3) is 3.37. The highest BCUT2D eigenvalue weighted by molar-refractivity contribution is 7.65. The van der Waals surface area contributed by atoms with E-state index >= 15 is 0 Å². The maximum Gasteiger partial charge on any atom is 0.0566 e. The number of aliphatic hydroxyl groups is 1. The van der Waals surface area contributed by atoms with Crippen molar-refractivity contribution in [3.63, 3.8) is 0 Å². The van der Waals surface area contributed by atoms with Crippen molar-refractivity contribution in [3.05, 3.63) is 0 Å². The van der Waals surface area contributed by atoms with Crippen molar-refractivity contribution in [2.24, 2.45) is 5.92 Å². The zero-order chi connectivity index (χ0) is 11.4. The lowest BCUT2D eigenvalue weighted by molar-refractivity contribution is 0.122. The van der Waals surface area contributed by atoms with Crippen LogP contribution in [0.1, 0.15) is 25.7 Å². The summed E-state index contributed by atoms with van der Waals surface area (Å²) in [6, 6.07) is 0. The van der Waals surface area contributed by atoms with Crippen molar-refractivity contribution in [3.8, 4) is 0 Å². The molecule has 3 unspecified atom stereocenters. The number of hydrogen-bond acceptors (Lipinski definition) is 1. The highest BCUT2D eigenvalue weighted by atomic mass is 30.0. The monoisotopic (exact) mass is 352 g/mol. The van der Waals surface area contributed by atoms with Crippen LogP contribution in [0.5, 0.6) is 0 Å². The molecule has 0 heterocycles. The summed E-state index contributed by atoms with van der Waals surface area (Å²) in [4.78, 5) is 0. The van der Waals surface area contributed by atoms with Crippen molar-refractivity contribution in [2.75, 3.05) is 0 Å². The van der Waals surface area contributed by atoms with Crippen LogP contribution in [0.2, 0.25) is 5.04 Å². The van der Waals surface area contributed by atoms with E-state index in [1.54, 1.807) is 9.76 Å². The van der Waals surface area contributed by atoms with E-state index in [1.165, 1.54) is 25.7 Å². The number of rotatable bonds is 7. The Morgan fingerprint density at radius 3 is 2.50 bits per heavy atom. The number of aliphatic hydroxyl groups excluding tert-OH is 1. The minimum absolute atomic E-state index is 0.210. The molecule has 2 fully saturated rings. The van der Waals surface area contributed by atoms with Gasteiger partial charge in [0.05, 0.1) is 6.10 Å². The molecule has 2 saturated carbocycles. The van der Waals surface area contributed by atoms with E-state index in [0.29, 0.717) is 22.1 Å². The predicted octanol–water partition coefficient (Wildman–Crippen LogP) is -6.34. The van der Waals surface area contributed by atoms with Gasteiger partial charge in [-0.1, -0.05) is 6.42 Å². The van der Waals surface area contributed by atoms with Gasteiger partial charge in [-0.3, -0.25) is 0 Å². The largest absolute Gasteiger partial charge is 0.393 e. The van der Waals surface area contributed by atoms with Gasteiger partial charge in [-0.25, -0.2) is 0 Å². The molecule has 0 amide bonds. The topological polar surface area (TPSA) is 20.2 Å². The van der Waals surface area contributed by atoms with Gasteiger partial charge in [-0.2, -0.15) is 0 Å². The van der Waals surface area contributed by atoms with Crippen LogP contribution < -0.4 is 0 Å². The average molecular weight is 353 g/mol. The average Bonchev–Trinajstić information content (AvgIpc) is 2.80. The van der Waals surface area contributed by atoms with E-state index < -0.39 is 0 Å². The fourth-order valence-corrected chi connectivity index (χ4v) is 216. The molecule has 16 heavy (non-hydrogen) atoms. The fourth-order valence-electron chi connectivity index (χ4n) is 3.99. The van der Waals surface area contributed by atoms with E-state index in [9.17, 15) is 5.11 Å². The first-order chi connectivity index (χ1) is 7.77. The van der Waals surface area contributed by atoms with Gasteiger partial charge in [0, 0.05) is 9.04 Å². The summed E-state index contributed by atoms with van der Waals surface area (Å²) in [6.45, 7) is 0. The molecule has 0 aliphatic heterocycles. The molecule has 0 radical (unpaired) electrons. The van der Waals surface area contributed by atoms with Crippen LogP contribution in [0, 0.1) is 5.92 Å². The molecule has 2 aliphatic carbocycles. The lowest BCUT2D eigenvalue weighted by atomic mass is 9.97. The summed E-state index contributed by atoms with van der Waals surface area (Å²) < 4.78 is 0. The molecular formula is C7H28OSi8. The molecule has 94 valence electrons. The maximum atomic E-state index is 10.2. The second kappa shape index (κ2) is 6.74. The normalized spacial score (nSPS) is 42.6. The first-order valence-corrected chi connectivity index (χ1v) is 37.8. The Bertz CT molecular complexity index is 228. The Morgan fingerprint density at radius 1 is 1.12 bits per heavy atom. The molecule has 1 N–H and O–H groups in total. The molecule has 0 aromatic rings. The van der Waals surface area contributed by atoms with E-state index in [2.05, 4.69) is 0 Å². The Balaban J connectivity index is 1.62. The third-order valence-corrected chi connectivity index (χ3v) is 123. The molecule has 2 bridgehead atoms. The molecule has 9 heteroatoms. The van der Waals surface area contributed by atoms with Gasteiger partial charge >= 0.3 is 0 Å². The predicted molar refractivity (Wildman–Crippen MR) is 100 cm³/mol. The van der Waals surface area contributed by atoms with Crippen LogP contribution in [0.15, 0.2) is 0 Å². The van der Waals surface area contributed by atoms with Crippen LogP contribution in [-0.2, 0) is 0 Å². The Morgan fingerprint density at radius 2 is 1.88 bits per heavy atom. The smallest absolute Gasteiger partial charge is 0.0566 e. The lowest BCUT2D eigenvalue weighted by Crippen LogP contribution is -2.37. The van der Waals surface area contributed by atoms with E-state index in [1.807, 2.05) is 0 Å². The van der Waals surface area contributed by atoms with Crippen LogP contribution in [-0.4, -0.2) is 81.3 Å². The van der Waals surface area contributed by atoms with E-state index in [0.717, 1.165) is 40.1 Å². The van der Waals surface area contributed by atoms with Crippen molar-refractivity contribution in [1.29, 1.82) is 0 Å². The molecule has 0 aromatic heterocycles. The van der Waals surface area contributed by atoms with E-state index in [4.69, 9.17) is 0 Å². The van der Waals surface area contributed by atoms with Crippen LogP contribution in [0.25, 0.3) is 0 Å². The zero-order valence-electron chi connectivity index (χ0n) is 10.9. The lowest BCUT2D eigenvalue weighted by Gasteiger charge is -2.31. The van der Waals surface area contributed by atoms with E-state index in [-0.39, 0.29) is 15.1 Å². The number of fused-ring (bicyclic) bond motifs is 2. The van der Waals surface area contributed by atoms with Gasteiger partial charge in [0.25, 0.3) is 0 Å². The standard InChI is InChI=1S/C7H28OSi8/c8-6-3-5-1-2-7(6,4-5)10-12-14-16-15-13-11-9/h5-6,8H,1-4,10-16H2,9H3. The highest BCUT2D eigenvalue weighted by Crippen LogP contribution is 2.58. The molecule has 2 aliphatic rings. The van der Waals surface area contributed by atoms with Crippen LogP contribution in [0.4, 0.5) is 0 Å². The SMILES string of the molecule is OC1CC2CCC1([SiH2][SiH2][SiH2][SiH2][SiH2][SiH2][SiH2][SiH3])C2. The van der Waals surface area contributed by atoms with Gasteiger partial charge in [0.15, 0.2) is 0 Å². The second-order valence-electron chi connectivity index (χ2n) is 6.24. The molecule has 1 nitrogen and oxygen atoms in total. The Hall–Kier alpha value is 1.70. The van der Waals surface area contributed by atoms with Crippen LogP contribution in [0.3, 0.4) is 0 Å². The first kappa shape index (κ1) is 14.1. The summed E-state index contributed by atoms with van der Waals surface area (Å²) in [5.74, 6) is 0.980. The highest BCUT2D eigenvalue weighted by Gasteiger charge is 2.50. The van der Waals surface area contributed by atoms with Crippen molar-refractivity contribution in [2.45, 2.75) is 36.8 Å². The summed E-state index contributed by atoms with van der Waals surface area (Å²) in [7, 11) is 6.19. The van der Waals surface area contributed by atoms with Crippen LogP contribution >= 0.6 is 0 Å².